The number of likely N-dealkylation sites (N-methyl/N-ethyl adjacent to an activating group) is 1. The highest BCUT2D eigenvalue weighted by atomic mass is 15.2. The van der Waals surface area contributed by atoms with Crippen LogP contribution in [0.5, 0.6) is 0 Å². The van der Waals surface area contributed by atoms with Crippen LogP contribution in [0.15, 0.2) is 12.3 Å². The number of nitrogens with zero attached hydrogens (tertiary/aromatic N) is 1. The number of H-pyrrole nitrogens is 1. The molecule has 0 bridgehead atoms. The highest BCUT2D eigenvalue weighted by molar-refractivity contribution is 5.27. The first-order valence-corrected chi connectivity index (χ1v) is 5.69. The van der Waals surface area contributed by atoms with Crippen molar-refractivity contribution in [1.82, 2.24) is 9.88 Å². The van der Waals surface area contributed by atoms with Gasteiger partial charge in [0.1, 0.15) is 0 Å². The van der Waals surface area contributed by atoms with Gasteiger partial charge in [0.2, 0.25) is 0 Å². The first kappa shape index (κ1) is 9.78. The molecular formula is C12H20N2. The molecule has 0 aliphatic carbocycles. The molecule has 2 atom stereocenters. The Labute approximate surface area is 86.3 Å². The topological polar surface area (TPSA) is 19.0 Å². The first-order chi connectivity index (χ1) is 6.77. The van der Waals surface area contributed by atoms with Gasteiger partial charge in [0.15, 0.2) is 0 Å². The van der Waals surface area contributed by atoms with E-state index in [-0.39, 0.29) is 0 Å². The maximum Gasteiger partial charge on any atom is 0.0340 e. The summed E-state index contributed by atoms with van der Waals surface area (Å²) in [7, 11) is 0. The molecule has 14 heavy (non-hydrogen) atoms. The third-order valence-corrected chi connectivity index (χ3v) is 3.56. The Morgan fingerprint density at radius 2 is 2.29 bits per heavy atom. The molecular weight excluding hydrogens is 172 g/mol. The van der Waals surface area contributed by atoms with E-state index in [0.717, 1.165) is 12.6 Å². The number of fused-ring (bicyclic) bond motifs is 1. The zero-order valence-corrected chi connectivity index (χ0v) is 9.38. The minimum atomic E-state index is 0.583. The van der Waals surface area contributed by atoms with Crippen molar-refractivity contribution in [2.45, 2.75) is 45.7 Å². The van der Waals surface area contributed by atoms with Crippen LogP contribution in [0.25, 0.3) is 0 Å². The fraction of sp³-hybridized carbons (Fsp3) is 0.667. The molecule has 0 saturated heterocycles. The molecule has 1 aliphatic rings. The van der Waals surface area contributed by atoms with E-state index in [0.29, 0.717) is 6.04 Å². The summed E-state index contributed by atoms with van der Waals surface area (Å²) < 4.78 is 0. The van der Waals surface area contributed by atoms with E-state index in [2.05, 4.69) is 42.9 Å². The van der Waals surface area contributed by atoms with Gasteiger partial charge in [-0.05, 0) is 31.5 Å². The Morgan fingerprint density at radius 1 is 1.50 bits per heavy atom. The van der Waals surface area contributed by atoms with Crippen molar-refractivity contribution in [2.75, 3.05) is 6.54 Å². The molecule has 1 aromatic rings. The van der Waals surface area contributed by atoms with E-state index >= 15 is 0 Å². The number of aromatic amines is 1. The van der Waals surface area contributed by atoms with Gasteiger partial charge < -0.3 is 4.98 Å². The fourth-order valence-corrected chi connectivity index (χ4v) is 2.74. The molecule has 0 radical (unpaired) electrons. The van der Waals surface area contributed by atoms with Gasteiger partial charge in [-0.2, -0.15) is 0 Å². The Hall–Kier alpha value is -0.760. The number of hydrogen-bond acceptors (Lipinski definition) is 1. The van der Waals surface area contributed by atoms with Gasteiger partial charge in [-0.25, -0.2) is 0 Å². The maximum atomic E-state index is 3.37. The van der Waals surface area contributed by atoms with Gasteiger partial charge in [0.05, 0.1) is 0 Å². The molecule has 0 aromatic carbocycles. The second-order valence-corrected chi connectivity index (χ2v) is 4.18. The third kappa shape index (κ3) is 1.38. The molecule has 2 rings (SSSR count). The highest BCUT2D eigenvalue weighted by Gasteiger charge is 2.29. The number of rotatable bonds is 2. The lowest BCUT2D eigenvalue weighted by Gasteiger charge is -2.39. The molecule has 0 saturated carbocycles. The van der Waals surface area contributed by atoms with Crippen molar-refractivity contribution in [1.29, 1.82) is 0 Å². The predicted octanol–water partition coefficient (Wildman–Crippen LogP) is 2.73. The van der Waals surface area contributed by atoms with Crippen LogP contribution in [0, 0.1) is 0 Å². The minimum Gasteiger partial charge on any atom is -0.365 e. The largest absolute Gasteiger partial charge is 0.365 e. The molecule has 1 aromatic heterocycles. The summed E-state index contributed by atoms with van der Waals surface area (Å²) in [6, 6.07) is 3.54. The standard InChI is InChI=1S/C12H20N2/c1-4-10-8-12-11(6-7-13-12)9(3)14(10)5-2/h6-7,9-10,13H,4-5,8H2,1-3H3/t9-,10-/m0/s1. The summed E-state index contributed by atoms with van der Waals surface area (Å²) in [4.78, 5) is 5.98. The number of aromatic nitrogens is 1. The van der Waals surface area contributed by atoms with Crippen molar-refractivity contribution < 1.29 is 0 Å². The van der Waals surface area contributed by atoms with Crippen molar-refractivity contribution >= 4 is 0 Å². The zero-order valence-electron chi connectivity index (χ0n) is 9.38. The number of hydrogen-bond donors (Lipinski definition) is 1. The predicted molar refractivity (Wildman–Crippen MR) is 59.4 cm³/mol. The quantitative estimate of drug-likeness (QED) is 0.763. The van der Waals surface area contributed by atoms with E-state index in [1.807, 2.05) is 0 Å². The molecule has 78 valence electrons. The van der Waals surface area contributed by atoms with Crippen LogP contribution in [-0.2, 0) is 6.42 Å². The van der Waals surface area contributed by atoms with E-state index in [4.69, 9.17) is 0 Å². The molecule has 1 N–H and O–H groups in total. The van der Waals surface area contributed by atoms with Crippen LogP contribution in [0.1, 0.15) is 44.5 Å². The average molecular weight is 192 g/mol. The van der Waals surface area contributed by atoms with Crippen LogP contribution in [0.3, 0.4) is 0 Å². The summed E-state index contributed by atoms with van der Waals surface area (Å²) in [6.45, 7) is 8.02. The Bertz CT molecular complexity index is 303. The molecule has 0 fully saturated rings. The Morgan fingerprint density at radius 3 is 2.93 bits per heavy atom. The van der Waals surface area contributed by atoms with Gasteiger partial charge in [0.25, 0.3) is 0 Å². The summed E-state index contributed by atoms with van der Waals surface area (Å²) in [5.41, 5.74) is 2.95. The van der Waals surface area contributed by atoms with Gasteiger partial charge in [-0.15, -0.1) is 0 Å². The maximum absolute atomic E-state index is 3.37. The van der Waals surface area contributed by atoms with Gasteiger partial charge in [-0.1, -0.05) is 13.8 Å². The van der Waals surface area contributed by atoms with Crippen molar-refractivity contribution in [3.05, 3.63) is 23.5 Å². The minimum absolute atomic E-state index is 0.583. The Kier molecular flexibility index (Phi) is 2.64. The lowest BCUT2D eigenvalue weighted by atomic mass is 9.93. The van der Waals surface area contributed by atoms with E-state index in [1.54, 1.807) is 0 Å². The fourth-order valence-electron chi connectivity index (χ4n) is 2.74. The van der Waals surface area contributed by atoms with Gasteiger partial charge >= 0.3 is 0 Å². The van der Waals surface area contributed by atoms with Gasteiger partial charge in [0, 0.05) is 30.4 Å². The van der Waals surface area contributed by atoms with Crippen LogP contribution in [0.2, 0.25) is 0 Å². The summed E-state index contributed by atoms with van der Waals surface area (Å²) in [5.74, 6) is 0. The molecule has 2 heteroatoms. The molecule has 0 unspecified atom stereocenters. The molecule has 2 heterocycles. The lowest BCUT2D eigenvalue weighted by Crippen LogP contribution is -2.42. The highest BCUT2D eigenvalue weighted by Crippen LogP contribution is 2.32. The molecule has 2 nitrogen and oxygen atoms in total. The summed E-state index contributed by atoms with van der Waals surface area (Å²) in [6.07, 6.45) is 4.51. The second-order valence-electron chi connectivity index (χ2n) is 4.18. The molecule has 0 spiro atoms. The van der Waals surface area contributed by atoms with Crippen molar-refractivity contribution in [3.8, 4) is 0 Å². The van der Waals surface area contributed by atoms with E-state index < -0.39 is 0 Å². The zero-order chi connectivity index (χ0) is 10.1. The smallest absolute Gasteiger partial charge is 0.0340 e. The summed E-state index contributed by atoms with van der Waals surface area (Å²) in [5, 5.41) is 0. The first-order valence-electron chi connectivity index (χ1n) is 5.69. The molecule has 1 aliphatic heterocycles. The number of nitrogens with one attached hydrogen (secondary N) is 1. The second kappa shape index (κ2) is 3.77. The van der Waals surface area contributed by atoms with Crippen molar-refractivity contribution in [3.63, 3.8) is 0 Å². The average Bonchev–Trinajstić information content (AvgIpc) is 2.65. The SMILES string of the molecule is CC[C@H]1Cc2[nH]ccc2[C@H](C)N1CC. The van der Waals surface area contributed by atoms with Crippen LogP contribution >= 0.6 is 0 Å². The van der Waals surface area contributed by atoms with E-state index in [1.165, 1.54) is 24.1 Å². The third-order valence-electron chi connectivity index (χ3n) is 3.56. The van der Waals surface area contributed by atoms with Crippen molar-refractivity contribution in [2.24, 2.45) is 0 Å². The van der Waals surface area contributed by atoms with Crippen LogP contribution in [-0.4, -0.2) is 22.5 Å². The molecule has 0 amide bonds. The lowest BCUT2D eigenvalue weighted by molar-refractivity contribution is 0.131. The van der Waals surface area contributed by atoms with Crippen LogP contribution in [0.4, 0.5) is 0 Å². The monoisotopic (exact) mass is 192 g/mol. The Balaban J connectivity index is 2.31. The summed E-state index contributed by atoms with van der Waals surface area (Å²) >= 11 is 0. The van der Waals surface area contributed by atoms with E-state index in [9.17, 15) is 0 Å². The van der Waals surface area contributed by atoms with Gasteiger partial charge in [-0.3, -0.25) is 4.90 Å². The normalized spacial score (nSPS) is 27.6. The van der Waals surface area contributed by atoms with Crippen LogP contribution < -0.4 is 0 Å².